The Kier molecular flexibility index (Phi) is 1.74. The molecule has 0 saturated carbocycles. The van der Waals surface area contributed by atoms with Crippen molar-refractivity contribution in [3.05, 3.63) is 24.3 Å². The minimum atomic E-state index is 0.0624. The van der Waals surface area contributed by atoms with Gasteiger partial charge >= 0.3 is 0 Å². The summed E-state index contributed by atoms with van der Waals surface area (Å²) in [7, 11) is 2.01. The van der Waals surface area contributed by atoms with Gasteiger partial charge < -0.3 is 4.90 Å². The molecular formula is C8H8ClNS. The van der Waals surface area contributed by atoms with Gasteiger partial charge in [-0.15, -0.1) is 0 Å². The van der Waals surface area contributed by atoms with E-state index in [0.29, 0.717) is 0 Å². The average molecular weight is 186 g/mol. The minimum Gasteiger partial charge on any atom is -0.349 e. The largest absolute Gasteiger partial charge is 0.349 e. The lowest BCUT2D eigenvalue weighted by Gasteiger charge is -2.14. The number of halogens is 1. The van der Waals surface area contributed by atoms with E-state index >= 15 is 0 Å². The number of para-hydroxylation sites is 1. The summed E-state index contributed by atoms with van der Waals surface area (Å²) in [6, 6.07) is 8.25. The highest BCUT2D eigenvalue weighted by molar-refractivity contribution is 8.01. The second kappa shape index (κ2) is 2.61. The maximum Gasteiger partial charge on any atom is 0.155 e. The van der Waals surface area contributed by atoms with E-state index in [-0.39, 0.29) is 4.83 Å². The average Bonchev–Trinajstić information content (AvgIpc) is 2.30. The van der Waals surface area contributed by atoms with Gasteiger partial charge in [0.05, 0.1) is 5.69 Å². The zero-order chi connectivity index (χ0) is 7.84. The summed E-state index contributed by atoms with van der Waals surface area (Å²) >= 11 is 7.71. The molecule has 1 aliphatic heterocycles. The molecule has 0 aliphatic carbocycles. The first kappa shape index (κ1) is 7.32. The van der Waals surface area contributed by atoms with E-state index in [1.54, 1.807) is 11.8 Å². The Balaban J connectivity index is 2.47. The third-order valence-electron chi connectivity index (χ3n) is 1.77. The monoisotopic (exact) mass is 185 g/mol. The van der Waals surface area contributed by atoms with Crippen molar-refractivity contribution < 1.29 is 0 Å². The first-order valence-corrected chi connectivity index (χ1v) is 4.73. The smallest absolute Gasteiger partial charge is 0.155 e. The van der Waals surface area contributed by atoms with Crippen LogP contribution < -0.4 is 4.90 Å². The molecule has 1 heterocycles. The Hall–Kier alpha value is -0.340. The zero-order valence-corrected chi connectivity index (χ0v) is 7.69. The van der Waals surface area contributed by atoms with E-state index in [2.05, 4.69) is 17.0 Å². The number of nitrogens with zero attached hydrogens (tertiary/aromatic N) is 1. The van der Waals surface area contributed by atoms with Gasteiger partial charge in [0.2, 0.25) is 0 Å². The molecule has 1 unspecified atom stereocenters. The molecular weight excluding hydrogens is 178 g/mol. The summed E-state index contributed by atoms with van der Waals surface area (Å²) in [5.74, 6) is 0. The Morgan fingerprint density at radius 3 is 2.91 bits per heavy atom. The van der Waals surface area contributed by atoms with Gasteiger partial charge in [-0.25, -0.2) is 0 Å². The molecule has 0 fully saturated rings. The third-order valence-corrected chi connectivity index (χ3v) is 3.44. The molecule has 0 bridgehead atoms. The molecule has 1 atom stereocenters. The van der Waals surface area contributed by atoms with E-state index in [1.807, 2.05) is 19.2 Å². The lowest BCUT2D eigenvalue weighted by molar-refractivity contribution is 1.05. The normalized spacial score (nSPS) is 22.0. The van der Waals surface area contributed by atoms with Crippen LogP contribution in [0.25, 0.3) is 0 Å². The highest BCUT2D eigenvalue weighted by Crippen LogP contribution is 2.43. The van der Waals surface area contributed by atoms with Gasteiger partial charge in [-0.3, -0.25) is 0 Å². The highest BCUT2D eigenvalue weighted by atomic mass is 35.5. The number of thioether (sulfide) groups is 1. The standard InChI is InChI=1S/C8H8ClNS/c1-10-6-4-2-3-5-7(6)11-8(10)9/h2-5,8H,1H3. The van der Waals surface area contributed by atoms with Gasteiger partial charge in [0.15, 0.2) is 4.83 Å². The molecule has 0 spiro atoms. The van der Waals surface area contributed by atoms with Crippen LogP contribution in [0.5, 0.6) is 0 Å². The first-order chi connectivity index (χ1) is 5.29. The number of fused-ring (bicyclic) bond motifs is 1. The van der Waals surface area contributed by atoms with Crippen molar-refractivity contribution in [2.24, 2.45) is 0 Å². The summed E-state index contributed by atoms with van der Waals surface area (Å²) in [6.45, 7) is 0. The second-order valence-electron chi connectivity index (χ2n) is 2.49. The van der Waals surface area contributed by atoms with E-state index in [4.69, 9.17) is 11.6 Å². The highest BCUT2D eigenvalue weighted by Gasteiger charge is 2.23. The lowest BCUT2D eigenvalue weighted by Crippen LogP contribution is -2.18. The topological polar surface area (TPSA) is 3.24 Å². The molecule has 1 aromatic rings. The molecule has 2 rings (SSSR count). The fourth-order valence-corrected chi connectivity index (χ4v) is 2.51. The summed E-state index contributed by atoms with van der Waals surface area (Å²) < 4.78 is 0. The molecule has 11 heavy (non-hydrogen) atoms. The summed E-state index contributed by atoms with van der Waals surface area (Å²) in [6.07, 6.45) is 0. The number of rotatable bonds is 0. The molecule has 1 aromatic carbocycles. The van der Waals surface area contributed by atoms with Gasteiger partial charge in [0, 0.05) is 11.9 Å². The van der Waals surface area contributed by atoms with Crippen molar-refractivity contribution in [3.63, 3.8) is 0 Å². The van der Waals surface area contributed by atoms with Crippen LogP contribution in [0.15, 0.2) is 29.2 Å². The second-order valence-corrected chi connectivity index (χ2v) is 4.28. The van der Waals surface area contributed by atoms with E-state index in [0.717, 1.165) is 0 Å². The van der Waals surface area contributed by atoms with Crippen molar-refractivity contribution in [2.75, 3.05) is 11.9 Å². The summed E-state index contributed by atoms with van der Waals surface area (Å²) in [5.41, 5.74) is 1.23. The number of benzene rings is 1. The number of anilines is 1. The summed E-state index contributed by atoms with van der Waals surface area (Å²) in [5, 5.41) is 0. The number of hydrogen-bond donors (Lipinski definition) is 0. The van der Waals surface area contributed by atoms with Gasteiger partial charge in [0.1, 0.15) is 0 Å². The number of hydrogen-bond acceptors (Lipinski definition) is 2. The molecule has 0 saturated heterocycles. The maximum absolute atomic E-state index is 6.02. The van der Waals surface area contributed by atoms with Crippen molar-refractivity contribution in [2.45, 2.75) is 9.73 Å². The number of alkyl halides is 1. The molecule has 0 N–H and O–H groups in total. The van der Waals surface area contributed by atoms with Gasteiger partial charge in [0.25, 0.3) is 0 Å². The lowest BCUT2D eigenvalue weighted by atomic mass is 10.3. The fourth-order valence-electron chi connectivity index (χ4n) is 1.14. The zero-order valence-electron chi connectivity index (χ0n) is 6.12. The van der Waals surface area contributed by atoms with Crippen LogP contribution in [0.3, 0.4) is 0 Å². The van der Waals surface area contributed by atoms with Crippen LogP contribution in [0.4, 0.5) is 5.69 Å². The van der Waals surface area contributed by atoms with Crippen molar-refractivity contribution in [3.8, 4) is 0 Å². The Labute approximate surface area is 75.3 Å². The van der Waals surface area contributed by atoms with Crippen molar-refractivity contribution in [1.82, 2.24) is 0 Å². The van der Waals surface area contributed by atoms with E-state index in [9.17, 15) is 0 Å². The molecule has 1 aliphatic rings. The van der Waals surface area contributed by atoms with Crippen LogP contribution >= 0.6 is 23.4 Å². The quantitative estimate of drug-likeness (QED) is 0.452. The van der Waals surface area contributed by atoms with E-state index < -0.39 is 0 Å². The van der Waals surface area contributed by atoms with Gasteiger partial charge in [-0.05, 0) is 12.1 Å². The van der Waals surface area contributed by atoms with Crippen molar-refractivity contribution in [1.29, 1.82) is 0 Å². The SMILES string of the molecule is CN1c2ccccc2SC1Cl. The molecule has 3 heteroatoms. The fraction of sp³-hybridized carbons (Fsp3) is 0.250. The van der Waals surface area contributed by atoms with Crippen LogP contribution in [-0.2, 0) is 0 Å². The van der Waals surface area contributed by atoms with E-state index in [1.165, 1.54) is 10.6 Å². The van der Waals surface area contributed by atoms with Crippen LogP contribution in [0, 0.1) is 0 Å². The van der Waals surface area contributed by atoms with Crippen LogP contribution in [-0.4, -0.2) is 11.9 Å². The maximum atomic E-state index is 6.02. The molecule has 0 amide bonds. The minimum absolute atomic E-state index is 0.0624. The van der Waals surface area contributed by atoms with Crippen LogP contribution in [0.2, 0.25) is 0 Å². The van der Waals surface area contributed by atoms with Crippen LogP contribution in [0.1, 0.15) is 0 Å². The molecule has 0 radical (unpaired) electrons. The summed E-state index contributed by atoms with van der Waals surface area (Å²) in [4.78, 5) is 3.41. The molecule has 1 nitrogen and oxygen atoms in total. The van der Waals surface area contributed by atoms with Gasteiger partial charge in [-0.1, -0.05) is 35.5 Å². The predicted octanol–water partition coefficient (Wildman–Crippen LogP) is 2.75. The molecule has 58 valence electrons. The van der Waals surface area contributed by atoms with Gasteiger partial charge in [-0.2, -0.15) is 0 Å². The third kappa shape index (κ3) is 1.10. The predicted molar refractivity (Wildman–Crippen MR) is 50.3 cm³/mol. The molecule has 0 aromatic heterocycles. The van der Waals surface area contributed by atoms with Crippen molar-refractivity contribution >= 4 is 29.1 Å². The Bertz CT molecular complexity index is 277. The Morgan fingerprint density at radius 1 is 1.45 bits per heavy atom. The first-order valence-electron chi connectivity index (χ1n) is 3.41. The Morgan fingerprint density at radius 2 is 2.18 bits per heavy atom.